The van der Waals surface area contributed by atoms with Crippen molar-refractivity contribution in [2.24, 2.45) is 0 Å². The van der Waals surface area contributed by atoms with Crippen molar-refractivity contribution in [3.63, 3.8) is 0 Å². The summed E-state index contributed by atoms with van der Waals surface area (Å²) in [6.45, 7) is 0. The lowest BCUT2D eigenvalue weighted by molar-refractivity contribution is 1.10. The summed E-state index contributed by atoms with van der Waals surface area (Å²) < 4.78 is 10.6. The lowest BCUT2D eigenvalue weighted by Gasteiger charge is -2.13. The van der Waals surface area contributed by atoms with E-state index in [-0.39, 0.29) is 0 Å². The van der Waals surface area contributed by atoms with E-state index in [0.717, 1.165) is 161 Å². The average Bonchev–Trinajstić information content (AvgIpc) is 1.57. The van der Waals surface area contributed by atoms with Crippen LogP contribution in [0.4, 0.5) is 0 Å². The number of fused-ring (bicyclic) bond motifs is 41. The Bertz CT molecular complexity index is 10200. The number of hydrogen-bond donors (Lipinski definition) is 0. The molecule has 20 aromatic carbocycles. The van der Waals surface area contributed by atoms with Gasteiger partial charge in [-0.15, -0.1) is 11.3 Å². The first-order valence-corrected chi connectivity index (χ1v) is 46.5. The highest BCUT2D eigenvalue weighted by Crippen LogP contribution is 2.47. The van der Waals surface area contributed by atoms with Crippen molar-refractivity contribution in [3.05, 3.63) is 443 Å². The van der Waals surface area contributed by atoms with Gasteiger partial charge in [-0.2, -0.15) is 0 Å². The highest BCUT2D eigenvalue weighted by Gasteiger charge is 2.26. The van der Waals surface area contributed by atoms with Crippen LogP contribution < -0.4 is 0 Å². The summed E-state index contributed by atoms with van der Waals surface area (Å²) in [5.41, 5.74) is 27.7. The van der Waals surface area contributed by atoms with Crippen molar-refractivity contribution in [1.82, 2.24) is 52.7 Å². The van der Waals surface area contributed by atoms with Crippen molar-refractivity contribution in [2.45, 2.75) is 0 Å². The molecule has 11 nitrogen and oxygen atoms in total. The minimum absolute atomic E-state index is 0.859. The molecule has 0 amide bonds. The predicted octanol–water partition coefficient (Wildman–Crippen LogP) is 32.0. The number of thiazole rings is 1. The Kier molecular flexibility index (Phi) is 17.1. The number of pyridine rings is 5. The number of aromatic nitrogens is 11. The van der Waals surface area contributed by atoms with E-state index in [1.807, 2.05) is 36.4 Å². The fourth-order valence-electron chi connectivity index (χ4n) is 21.4. The molecule has 0 fully saturated rings. The second-order valence-corrected chi connectivity index (χ2v) is 35.9. The van der Waals surface area contributed by atoms with Crippen LogP contribution in [0.15, 0.2) is 443 Å². The third-order valence-corrected chi connectivity index (χ3v) is 28.6. The third-order valence-electron chi connectivity index (χ3n) is 27.5. The summed E-state index contributed by atoms with van der Waals surface area (Å²) in [7, 11) is 0. The molecule has 10 aromatic heterocycles. The number of hydrogen-bond acceptors (Lipinski definition) is 8. The Morgan fingerprint density at radius 1 is 0.193 bits per heavy atom. The summed E-state index contributed by atoms with van der Waals surface area (Å²) >= 11 is 1.74. The summed E-state index contributed by atoms with van der Waals surface area (Å²) in [6.07, 6.45) is 1.81. The molecule has 0 saturated heterocycles. The van der Waals surface area contributed by atoms with Crippen LogP contribution in [0.5, 0.6) is 0 Å². The minimum Gasteiger partial charge on any atom is -0.292 e. The zero-order valence-electron chi connectivity index (χ0n) is 72.5. The second kappa shape index (κ2) is 30.3. The molecule has 0 bridgehead atoms. The summed E-state index contributed by atoms with van der Waals surface area (Å²) in [4.78, 5) is 35.7. The van der Waals surface area contributed by atoms with Gasteiger partial charge < -0.3 is 0 Å². The van der Waals surface area contributed by atoms with E-state index in [2.05, 4.69) is 423 Å². The topological polar surface area (TPSA) is 108 Å². The van der Waals surface area contributed by atoms with Crippen LogP contribution in [0.25, 0.3) is 273 Å². The molecule has 30 aromatic rings. The van der Waals surface area contributed by atoms with Crippen LogP contribution in [-0.2, 0) is 0 Å². The number of nitrogens with zero attached hydrogens (tertiary/aromatic N) is 11. The molecule has 30 rings (SSSR count). The molecule has 0 aliphatic rings. The van der Waals surface area contributed by atoms with E-state index in [1.54, 1.807) is 17.5 Å². The zero-order chi connectivity index (χ0) is 88.5. The maximum atomic E-state index is 5.42. The molecule has 0 unspecified atom stereocenters. The standard InChI is InChI=1S/C46H28N4.C40H23N3S.C37H22N4/c1-2-12-32(13-3-1)49-41-21-11-10-20-40(41)47-45(49)30-24-22-29(23-25-30)31-26-27-36-35-16-6-9-19-39(35)46-48-43-37-17-7-4-14-33(37)34-15-5-8-18-38(34)44(43)50(46)42(36)28-31;1-4-12-31-27(9-1)28-10-2-5-13-32(28)38-37(31)42-39-33-14-6-3-11-29(33)30-22-21-26(23-35(30)43(38)39)24-17-19-25(20-18-24)40-41-34-15-7-8-16-36(34)44-40;1-4-13-28-24(10-1)25-11-2-5-14-29(25)36-35(28)40-37-30-15-6-3-12-26(30)27-20-19-23(22-34(27)41(36)37)31-17-9-18-33(39-31)32-16-7-8-21-38-32/h1-28H;1-23H;1-22H. The van der Waals surface area contributed by atoms with E-state index < -0.39 is 0 Å². The van der Waals surface area contributed by atoms with E-state index in [0.29, 0.717) is 0 Å². The van der Waals surface area contributed by atoms with Crippen molar-refractivity contribution < 1.29 is 0 Å². The molecule has 0 radical (unpaired) electrons. The van der Waals surface area contributed by atoms with Gasteiger partial charge in [0, 0.05) is 93.2 Å². The normalized spacial score (nSPS) is 12.0. The zero-order valence-corrected chi connectivity index (χ0v) is 73.3. The Morgan fingerprint density at radius 3 is 0.985 bits per heavy atom. The minimum atomic E-state index is 0.859. The second-order valence-electron chi connectivity index (χ2n) is 34.9. The maximum absolute atomic E-state index is 5.42. The summed E-state index contributed by atoms with van der Waals surface area (Å²) in [6, 6.07) is 155. The first kappa shape index (κ1) is 76.0. The van der Waals surface area contributed by atoms with Crippen LogP contribution in [0.2, 0.25) is 0 Å². The third kappa shape index (κ3) is 11.9. The highest BCUT2D eigenvalue weighted by atomic mass is 32.1. The van der Waals surface area contributed by atoms with Crippen LogP contribution >= 0.6 is 11.3 Å². The largest absolute Gasteiger partial charge is 0.292 e. The molecular weight excluding hydrogens is 1660 g/mol. The van der Waals surface area contributed by atoms with Gasteiger partial charge >= 0.3 is 0 Å². The Morgan fingerprint density at radius 2 is 0.533 bits per heavy atom. The summed E-state index contributed by atoms with van der Waals surface area (Å²) in [5.74, 6) is 0.930. The number of para-hydroxylation sites is 4. The molecule has 10 heterocycles. The van der Waals surface area contributed by atoms with E-state index in [9.17, 15) is 0 Å². The lowest BCUT2D eigenvalue weighted by Crippen LogP contribution is -1.97. The van der Waals surface area contributed by atoms with Gasteiger partial charge in [-0.1, -0.05) is 358 Å². The van der Waals surface area contributed by atoms with Crippen LogP contribution in [0.3, 0.4) is 0 Å². The van der Waals surface area contributed by atoms with Gasteiger partial charge in [-0.25, -0.2) is 29.9 Å². The number of benzene rings is 20. The van der Waals surface area contributed by atoms with E-state index >= 15 is 0 Å². The molecule has 0 atom stereocenters. The fourth-order valence-corrected chi connectivity index (χ4v) is 22.3. The van der Waals surface area contributed by atoms with Gasteiger partial charge in [-0.05, 0) is 150 Å². The molecule has 0 spiro atoms. The first-order chi connectivity index (χ1) is 67.0. The van der Waals surface area contributed by atoms with Gasteiger partial charge in [-0.3, -0.25) is 22.8 Å². The number of rotatable bonds is 7. The SMILES string of the molecule is c1ccc(-c2cccc(-c3ccc4c5ccccc5c5nc6c7ccccc7c7ccccc7c6n5c4c3)n2)nc1.c1ccc(-n2c(-c3ccc(-c4ccc5c6ccccc6c6nc7c8ccccc8c8ccccc8c7n6c5c4)cc3)nc3ccccc32)cc1.c1ccc2sc(-c3ccc(-c4ccc5c6ccccc6c6nc7c8ccccc8c8ccccc8c7n6c5c4)cc3)nc2c1. The summed E-state index contributed by atoms with van der Waals surface area (Å²) in [5, 5.41) is 26.3. The van der Waals surface area contributed by atoms with E-state index in [1.165, 1.54) is 113 Å². The van der Waals surface area contributed by atoms with Crippen molar-refractivity contribution in [2.75, 3.05) is 0 Å². The Balaban J connectivity index is 0.000000101. The predicted molar refractivity (Wildman–Crippen MR) is 564 cm³/mol. The Labute approximate surface area is 774 Å². The number of imidazole rings is 4. The molecule has 0 saturated carbocycles. The van der Waals surface area contributed by atoms with Gasteiger partial charge in [0.1, 0.15) is 27.8 Å². The van der Waals surface area contributed by atoms with E-state index in [4.69, 9.17) is 29.9 Å². The van der Waals surface area contributed by atoms with Crippen molar-refractivity contribution in [3.8, 4) is 72.5 Å². The molecule has 0 aliphatic heterocycles. The fraction of sp³-hybridized carbons (Fsp3) is 0. The van der Waals surface area contributed by atoms with Crippen LogP contribution in [-0.4, -0.2) is 52.7 Å². The maximum Gasteiger partial charge on any atom is 0.146 e. The quantitative estimate of drug-likeness (QED) is 0.146. The van der Waals surface area contributed by atoms with Gasteiger partial charge in [0.25, 0.3) is 0 Å². The van der Waals surface area contributed by atoms with Crippen molar-refractivity contribution in [1.29, 1.82) is 0 Å². The molecule has 0 aliphatic carbocycles. The van der Waals surface area contributed by atoms with Gasteiger partial charge in [0.2, 0.25) is 0 Å². The molecular formula is C123H73N11S. The molecule has 135 heavy (non-hydrogen) atoms. The molecule has 626 valence electrons. The van der Waals surface area contributed by atoms with Gasteiger partial charge in [0.15, 0.2) is 0 Å². The first-order valence-electron chi connectivity index (χ1n) is 45.7. The Hall–Kier alpha value is -18.0. The van der Waals surface area contributed by atoms with Crippen LogP contribution in [0.1, 0.15) is 0 Å². The van der Waals surface area contributed by atoms with Crippen LogP contribution in [0, 0.1) is 0 Å². The highest BCUT2D eigenvalue weighted by molar-refractivity contribution is 7.21. The smallest absolute Gasteiger partial charge is 0.146 e. The van der Waals surface area contributed by atoms with Gasteiger partial charge in [0.05, 0.1) is 88.0 Å². The monoisotopic (exact) mass is 1740 g/mol. The molecule has 0 N–H and O–H groups in total. The molecule has 12 heteroatoms. The lowest BCUT2D eigenvalue weighted by atomic mass is 9.98. The average molecular weight is 1740 g/mol. The van der Waals surface area contributed by atoms with Crippen molar-refractivity contribution >= 4 is 212 Å².